The minimum absolute atomic E-state index is 0.469. The number of nitrogens with zero attached hydrogens (tertiary/aromatic N) is 2. The van der Waals surface area contributed by atoms with E-state index < -0.39 is 0 Å². The predicted molar refractivity (Wildman–Crippen MR) is 57.4 cm³/mol. The van der Waals surface area contributed by atoms with E-state index in [0.717, 1.165) is 17.3 Å². The lowest BCUT2D eigenvalue weighted by Crippen LogP contribution is -1.94. The Balaban J connectivity index is 0.000000461. The van der Waals surface area contributed by atoms with Gasteiger partial charge in [-0.15, -0.1) is 0 Å². The van der Waals surface area contributed by atoms with Crippen LogP contribution in [0.1, 0.15) is 24.5 Å². The molecule has 1 aromatic carbocycles. The molecule has 3 nitrogen and oxygen atoms in total. The smallest absolute Gasteiger partial charge is 0.185 e. The van der Waals surface area contributed by atoms with E-state index in [1.54, 1.807) is 4.57 Å². The maximum absolute atomic E-state index is 10.5. The Labute approximate surface area is 83.4 Å². The highest BCUT2D eigenvalue weighted by Gasteiger charge is 2.03. The molecule has 2 aromatic rings. The van der Waals surface area contributed by atoms with E-state index in [9.17, 15) is 4.79 Å². The lowest BCUT2D eigenvalue weighted by molar-refractivity contribution is 0.111. The van der Waals surface area contributed by atoms with Crippen LogP contribution in [0.4, 0.5) is 0 Å². The molecule has 0 atom stereocenters. The molecule has 0 aliphatic heterocycles. The summed E-state index contributed by atoms with van der Waals surface area (Å²) >= 11 is 0. The molecule has 0 unspecified atom stereocenters. The van der Waals surface area contributed by atoms with Gasteiger partial charge in [0.25, 0.3) is 0 Å². The van der Waals surface area contributed by atoms with Crippen molar-refractivity contribution in [2.45, 2.75) is 13.8 Å². The molecule has 2 rings (SSSR count). The summed E-state index contributed by atoms with van der Waals surface area (Å²) in [5, 5.41) is 0. The molecule has 0 aliphatic rings. The summed E-state index contributed by atoms with van der Waals surface area (Å²) < 4.78 is 1.78. The van der Waals surface area contributed by atoms with Crippen LogP contribution in [-0.2, 0) is 7.05 Å². The second-order valence-electron chi connectivity index (χ2n) is 2.64. The van der Waals surface area contributed by atoms with E-state index in [4.69, 9.17) is 0 Å². The molecule has 0 bridgehead atoms. The van der Waals surface area contributed by atoms with Crippen molar-refractivity contribution in [3.05, 3.63) is 30.1 Å². The topological polar surface area (TPSA) is 34.9 Å². The first-order valence-electron chi connectivity index (χ1n) is 4.69. The third-order valence-corrected chi connectivity index (χ3v) is 1.93. The first kappa shape index (κ1) is 10.4. The number of benzene rings is 1. The zero-order chi connectivity index (χ0) is 10.6. The van der Waals surface area contributed by atoms with Gasteiger partial charge in [-0.1, -0.05) is 26.0 Å². The van der Waals surface area contributed by atoms with Gasteiger partial charge in [-0.25, -0.2) is 4.98 Å². The molecule has 0 aliphatic carbocycles. The molecular weight excluding hydrogens is 176 g/mol. The van der Waals surface area contributed by atoms with Gasteiger partial charge in [0.15, 0.2) is 12.1 Å². The lowest BCUT2D eigenvalue weighted by Gasteiger charge is -1.93. The van der Waals surface area contributed by atoms with Gasteiger partial charge >= 0.3 is 0 Å². The number of carbonyl (C=O) groups is 1. The van der Waals surface area contributed by atoms with Crippen molar-refractivity contribution in [3.8, 4) is 0 Å². The van der Waals surface area contributed by atoms with Crippen LogP contribution in [0, 0.1) is 0 Å². The largest absolute Gasteiger partial charge is 0.325 e. The van der Waals surface area contributed by atoms with Gasteiger partial charge in [0.05, 0.1) is 11.0 Å². The number of aromatic nitrogens is 2. The first-order chi connectivity index (χ1) is 6.83. The Bertz CT molecular complexity index is 432. The molecular formula is C11H14N2O. The molecule has 0 amide bonds. The van der Waals surface area contributed by atoms with Gasteiger partial charge in [0, 0.05) is 7.05 Å². The van der Waals surface area contributed by atoms with Gasteiger partial charge in [-0.2, -0.15) is 0 Å². The maximum Gasteiger partial charge on any atom is 0.185 e. The number of hydrogen-bond donors (Lipinski definition) is 0. The number of imidazole rings is 1. The Hall–Kier alpha value is -1.64. The first-order valence-corrected chi connectivity index (χ1v) is 4.69. The number of aryl methyl sites for hydroxylation is 1. The van der Waals surface area contributed by atoms with Gasteiger partial charge in [0.2, 0.25) is 0 Å². The van der Waals surface area contributed by atoms with Crippen LogP contribution in [0.5, 0.6) is 0 Å². The zero-order valence-electron chi connectivity index (χ0n) is 8.69. The molecule has 0 saturated carbocycles. The highest BCUT2D eigenvalue weighted by molar-refractivity contribution is 5.82. The van der Waals surface area contributed by atoms with Gasteiger partial charge in [-0.3, -0.25) is 4.79 Å². The van der Waals surface area contributed by atoms with Crippen molar-refractivity contribution in [1.82, 2.24) is 9.55 Å². The Morgan fingerprint density at radius 1 is 1.29 bits per heavy atom. The second kappa shape index (κ2) is 4.56. The monoisotopic (exact) mass is 190 g/mol. The quantitative estimate of drug-likeness (QED) is 0.647. The lowest BCUT2D eigenvalue weighted by atomic mass is 10.3. The highest BCUT2D eigenvalue weighted by Crippen LogP contribution is 2.12. The predicted octanol–water partition coefficient (Wildman–Crippen LogP) is 2.41. The minimum Gasteiger partial charge on any atom is -0.325 e. The average molecular weight is 190 g/mol. The molecule has 0 fully saturated rings. The normalized spacial score (nSPS) is 9.36. The SMILES string of the molecule is CC.Cn1c(C=O)nc2ccccc21. The summed E-state index contributed by atoms with van der Waals surface area (Å²) in [6.45, 7) is 4.00. The summed E-state index contributed by atoms with van der Waals surface area (Å²) in [4.78, 5) is 14.6. The third-order valence-electron chi connectivity index (χ3n) is 1.93. The molecule has 1 heterocycles. The molecule has 0 radical (unpaired) electrons. The summed E-state index contributed by atoms with van der Waals surface area (Å²) in [6, 6.07) is 7.67. The van der Waals surface area contributed by atoms with E-state index in [1.165, 1.54) is 0 Å². The summed E-state index contributed by atoms with van der Waals surface area (Å²) in [7, 11) is 1.83. The van der Waals surface area contributed by atoms with Crippen LogP contribution < -0.4 is 0 Å². The molecule has 1 aromatic heterocycles. The molecule has 0 spiro atoms. The van der Waals surface area contributed by atoms with Crippen LogP contribution in [0.25, 0.3) is 11.0 Å². The Kier molecular flexibility index (Phi) is 3.40. The highest BCUT2D eigenvalue weighted by atomic mass is 16.1. The number of fused-ring (bicyclic) bond motifs is 1. The number of rotatable bonds is 1. The maximum atomic E-state index is 10.5. The van der Waals surface area contributed by atoms with Crippen molar-refractivity contribution in [3.63, 3.8) is 0 Å². The van der Waals surface area contributed by atoms with Crippen molar-refractivity contribution in [1.29, 1.82) is 0 Å². The van der Waals surface area contributed by atoms with E-state index in [0.29, 0.717) is 5.82 Å². The standard InChI is InChI=1S/C9H8N2O.C2H6/c1-11-8-5-3-2-4-7(8)10-9(11)6-12;1-2/h2-6H,1H3;1-2H3. The average Bonchev–Trinajstić information content (AvgIpc) is 2.59. The minimum atomic E-state index is 0.469. The third kappa shape index (κ3) is 1.66. The molecule has 14 heavy (non-hydrogen) atoms. The van der Waals surface area contributed by atoms with Crippen molar-refractivity contribution < 1.29 is 4.79 Å². The molecule has 0 saturated heterocycles. The van der Waals surface area contributed by atoms with Crippen molar-refractivity contribution in [2.24, 2.45) is 7.05 Å². The van der Waals surface area contributed by atoms with Gasteiger partial charge in [0.1, 0.15) is 0 Å². The number of carbonyl (C=O) groups excluding carboxylic acids is 1. The van der Waals surface area contributed by atoms with E-state index in [2.05, 4.69) is 4.98 Å². The summed E-state index contributed by atoms with van der Waals surface area (Å²) in [5.41, 5.74) is 1.85. The summed E-state index contributed by atoms with van der Waals surface area (Å²) in [5.74, 6) is 0.469. The fraction of sp³-hybridized carbons (Fsp3) is 0.273. The fourth-order valence-corrected chi connectivity index (χ4v) is 1.27. The van der Waals surface area contributed by atoms with Crippen LogP contribution in [-0.4, -0.2) is 15.8 Å². The van der Waals surface area contributed by atoms with Crippen LogP contribution in [0.3, 0.4) is 0 Å². The number of hydrogen-bond acceptors (Lipinski definition) is 2. The van der Waals surface area contributed by atoms with Crippen LogP contribution in [0.2, 0.25) is 0 Å². The molecule has 74 valence electrons. The van der Waals surface area contributed by atoms with Crippen LogP contribution >= 0.6 is 0 Å². The fourth-order valence-electron chi connectivity index (χ4n) is 1.27. The van der Waals surface area contributed by atoms with Crippen molar-refractivity contribution in [2.75, 3.05) is 0 Å². The van der Waals surface area contributed by atoms with Crippen molar-refractivity contribution >= 4 is 17.3 Å². The molecule has 3 heteroatoms. The van der Waals surface area contributed by atoms with Gasteiger partial charge in [-0.05, 0) is 12.1 Å². The van der Waals surface area contributed by atoms with E-state index in [1.807, 2.05) is 45.2 Å². The Morgan fingerprint density at radius 3 is 2.50 bits per heavy atom. The number of para-hydroxylation sites is 2. The zero-order valence-corrected chi connectivity index (χ0v) is 8.69. The second-order valence-corrected chi connectivity index (χ2v) is 2.64. The Morgan fingerprint density at radius 2 is 1.93 bits per heavy atom. The number of aldehydes is 1. The van der Waals surface area contributed by atoms with E-state index >= 15 is 0 Å². The van der Waals surface area contributed by atoms with Gasteiger partial charge < -0.3 is 4.57 Å². The van der Waals surface area contributed by atoms with E-state index in [-0.39, 0.29) is 0 Å². The summed E-state index contributed by atoms with van der Waals surface area (Å²) in [6.07, 6.45) is 0.764. The van der Waals surface area contributed by atoms with Crippen LogP contribution in [0.15, 0.2) is 24.3 Å². The molecule has 0 N–H and O–H groups in total.